The van der Waals surface area contributed by atoms with Crippen LogP contribution >= 0.6 is 0 Å². The van der Waals surface area contributed by atoms with Gasteiger partial charge in [-0.2, -0.15) is 0 Å². The van der Waals surface area contributed by atoms with Crippen LogP contribution in [0.25, 0.3) is 121 Å². The Kier molecular flexibility index (Phi) is 7.54. The molecule has 12 aromatic rings. The molecule has 2 aromatic heterocycles. The molecule has 12 rings (SSSR count). The third kappa shape index (κ3) is 5.51. The maximum absolute atomic E-state index is 6.30. The van der Waals surface area contributed by atoms with Gasteiger partial charge < -0.3 is 4.42 Å². The summed E-state index contributed by atoms with van der Waals surface area (Å²) >= 11 is 0. The van der Waals surface area contributed by atoms with E-state index in [4.69, 9.17) is 14.4 Å². The number of hydrogen-bond acceptors (Lipinski definition) is 3. The van der Waals surface area contributed by atoms with Crippen molar-refractivity contribution >= 4 is 65.0 Å². The predicted octanol–water partition coefficient (Wildman–Crippen LogP) is 15.3. The van der Waals surface area contributed by atoms with Crippen molar-refractivity contribution in [2.45, 2.75) is 0 Å². The van der Waals surface area contributed by atoms with Gasteiger partial charge in [-0.1, -0.05) is 176 Å². The Labute approximate surface area is 340 Å². The van der Waals surface area contributed by atoms with Crippen molar-refractivity contribution in [3.05, 3.63) is 206 Å². The maximum atomic E-state index is 6.30. The van der Waals surface area contributed by atoms with Gasteiger partial charge in [0.2, 0.25) is 0 Å². The Bertz CT molecular complexity index is 3600. The van der Waals surface area contributed by atoms with Crippen LogP contribution in [0.2, 0.25) is 0 Å². The normalized spacial score (nSPS) is 11.7. The van der Waals surface area contributed by atoms with Gasteiger partial charge in [0.05, 0.1) is 11.4 Å². The lowest BCUT2D eigenvalue weighted by Crippen LogP contribution is -1.96. The zero-order valence-electron chi connectivity index (χ0n) is 31.9. The molecule has 0 saturated heterocycles. The van der Waals surface area contributed by atoms with Crippen LogP contribution in [0.1, 0.15) is 0 Å². The van der Waals surface area contributed by atoms with Crippen LogP contribution in [0.15, 0.2) is 211 Å². The molecular weight excluding hydrogens is 717 g/mol. The van der Waals surface area contributed by atoms with Crippen LogP contribution in [0.3, 0.4) is 0 Å². The topological polar surface area (TPSA) is 38.9 Å². The van der Waals surface area contributed by atoms with Crippen molar-refractivity contribution in [2.75, 3.05) is 0 Å². The number of furan rings is 1. The Morgan fingerprint density at radius 2 is 0.881 bits per heavy atom. The van der Waals surface area contributed by atoms with E-state index in [0.717, 1.165) is 55.4 Å². The molecule has 0 radical (unpaired) electrons. The third-order valence-electron chi connectivity index (χ3n) is 11.9. The van der Waals surface area contributed by atoms with Gasteiger partial charge in [-0.25, -0.2) is 9.97 Å². The summed E-state index contributed by atoms with van der Waals surface area (Å²) in [6.07, 6.45) is 0. The second-order valence-corrected chi connectivity index (χ2v) is 15.3. The van der Waals surface area contributed by atoms with Crippen LogP contribution in [0.4, 0.5) is 0 Å². The van der Waals surface area contributed by atoms with E-state index in [1.54, 1.807) is 0 Å². The minimum atomic E-state index is 0.681. The smallest absolute Gasteiger partial charge is 0.160 e. The number of aromatic nitrogens is 2. The fourth-order valence-electron chi connectivity index (χ4n) is 9.06. The predicted molar refractivity (Wildman–Crippen MR) is 247 cm³/mol. The average molecular weight is 751 g/mol. The summed E-state index contributed by atoms with van der Waals surface area (Å²) in [4.78, 5) is 10.4. The molecule has 3 heteroatoms. The molecule has 2 heterocycles. The van der Waals surface area contributed by atoms with E-state index in [0.29, 0.717) is 5.82 Å². The van der Waals surface area contributed by atoms with Gasteiger partial charge in [-0.05, 0) is 95.7 Å². The van der Waals surface area contributed by atoms with Crippen molar-refractivity contribution in [2.24, 2.45) is 0 Å². The summed E-state index contributed by atoms with van der Waals surface area (Å²) < 4.78 is 6.30. The second-order valence-electron chi connectivity index (χ2n) is 15.3. The number of rotatable bonds is 5. The Balaban J connectivity index is 0.987. The lowest BCUT2D eigenvalue weighted by atomic mass is 9.88. The molecule has 0 fully saturated rings. The maximum Gasteiger partial charge on any atom is 0.160 e. The first-order valence-corrected chi connectivity index (χ1v) is 20.1. The summed E-state index contributed by atoms with van der Waals surface area (Å²) in [5.74, 6) is 0.681. The number of nitrogens with zero attached hydrogens (tertiary/aromatic N) is 2. The van der Waals surface area contributed by atoms with E-state index in [2.05, 4.69) is 170 Å². The molecule has 0 aliphatic carbocycles. The zero-order valence-corrected chi connectivity index (χ0v) is 31.9. The van der Waals surface area contributed by atoms with Gasteiger partial charge in [-0.15, -0.1) is 0 Å². The van der Waals surface area contributed by atoms with Crippen molar-refractivity contribution in [3.63, 3.8) is 0 Å². The van der Waals surface area contributed by atoms with E-state index >= 15 is 0 Å². The minimum Gasteiger partial charge on any atom is -0.456 e. The summed E-state index contributed by atoms with van der Waals surface area (Å²) in [5.41, 5.74) is 11.2. The van der Waals surface area contributed by atoms with Crippen molar-refractivity contribution in [3.8, 4) is 56.2 Å². The number of benzene rings is 10. The second kappa shape index (κ2) is 13.4. The molecule has 0 N–H and O–H groups in total. The fraction of sp³-hybridized carbons (Fsp3) is 0. The van der Waals surface area contributed by atoms with Crippen LogP contribution < -0.4 is 0 Å². The summed E-state index contributed by atoms with van der Waals surface area (Å²) in [5, 5.41) is 12.1. The Morgan fingerprint density at radius 3 is 1.71 bits per heavy atom. The lowest BCUT2D eigenvalue weighted by Gasteiger charge is -2.16. The molecule has 0 unspecified atom stereocenters. The summed E-state index contributed by atoms with van der Waals surface area (Å²) in [6, 6.07) is 73.5. The number of para-hydroxylation sites is 1. The van der Waals surface area contributed by atoms with Crippen molar-refractivity contribution in [1.29, 1.82) is 0 Å². The fourth-order valence-corrected chi connectivity index (χ4v) is 9.06. The van der Waals surface area contributed by atoms with Crippen LogP contribution in [-0.2, 0) is 0 Å². The molecule has 0 spiro atoms. The molecular formula is C56H34N2O. The van der Waals surface area contributed by atoms with Gasteiger partial charge in [0.25, 0.3) is 0 Å². The Morgan fingerprint density at radius 1 is 0.288 bits per heavy atom. The van der Waals surface area contributed by atoms with Gasteiger partial charge in [0.1, 0.15) is 11.2 Å². The molecule has 274 valence electrons. The largest absolute Gasteiger partial charge is 0.456 e. The zero-order chi connectivity index (χ0) is 38.9. The van der Waals surface area contributed by atoms with E-state index in [-0.39, 0.29) is 0 Å². The van der Waals surface area contributed by atoms with Crippen LogP contribution in [-0.4, -0.2) is 9.97 Å². The molecule has 3 nitrogen and oxygen atoms in total. The monoisotopic (exact) mass is 750 g/mol. The molecule has 0 aliphatic heterocycles. The van der Waals surface area contributed by atoms with Gasteiger partial charge >= 0.3 is 0 Å². The first kappa shape index (κ1) is 33.3. The van der Waals surface area contributed by atoms with Gasteiger partial charge in [0, 0.05) is 27.5 Å². The highest BCUT2D eigenvalue weighted by atomic mass is 16.3. The minimum absolute atomic E-state index is 0.681. The molecule has 0 bridgehead atoms. The highest BCUT2D eigenvalue weighted by Gasteiger charge is 2.17. The molecule has 0 atom stereocenters. The van der Waals surface area contributed by atoms with Crippen molar-refractivity contribution in [1.82, 2.24) is 9.97 Å². The standard InChI is InChI=1S/C56H34N2O/c1-2-13-38(14-3-1)56-57-51(40-27-28-48-47-20-10-11-21-53(47)59-54(48)33-40)34-52(58-56)46-31-30-42(44-18-8-9-19-45(44)46)36-22-24-37(25-23-36)55-43-17-7-5-15-39(43)32-50-41-16-6-4-12-35(41)26-29-49(50)55/h1-34H. The average Bonchev–Trinajstić information content (AvgIpc) is 3.69. The molecule has 0 saturated carbocycles. The third-order valence-corrected chi connectivity index (χ3v) is 11.9. The number of hydrogen-bond donors (Lipinski definition) is 0. The van der Waals surface area contributed by atoms with Crippen LogP contribution in [0, 0.1) is 0 Å². The molecule has 59 heavy (non-hydrogen) atoms. The first-order valence-electron chi connectivity index (χ1n) is 20.1. The van der Waals surface area contributed by atoms with Crippen LogP contribution in [0.5, 0.6) is 0 Å². The van der Waals surface area contributed by atoms with Crippen molar-refractivity contribution < 1.29 is 4.42 Å². The lowest BCUT2D eigenvalue weighted by molar-refractivity contribution is 0.669. The molecule has 0 amide bonds. The summed E-state index contributed by atoms with van der Waals surface area (Å²) in [6.45, 7) is 0. The molecule has 0 aliphatic rings. The van der Waals surface area contributed by atoms with E-state index in [9.17, 15) is 0 Å². The summed E-state index contributed by atoms with van der Waals surface area (Å²) in [7, 11) is 0. The van der Waals surface area contributed by atoms with Gasteiger partial charge in [0.15, 0.2) is 5.82 Å². The van der Waals surface area contributed by atoms with E-state index in [1.165, 1.54) is 60.0 Å². The first-order chi connectivity index (χ1) is 29.2. The van der Waals surface area contributed by atoms with Gasteiger partial charge in [-0.3, -0.25) is 0 Å². The quantitative estimate of drug-likeness (QED) is 0.130. The highest BCUT2D eigenvalue weighted by molar-refractivity contribution is 6.20. The number of fused-ring (bicyclic) bond motifs is 8. The Hall–Kier alpha value is -7.88. The molecule has 10 aromatic carbocycles. The van der Waals surface area contributed by atoms with E-state index in [1.807, 2.05) is 36.4 Å². The van der Waals surface area contributed by atoms with E-state index < -0.39 is 0 Å². The SMILES string of the molecule is c1ccc(-c2nc(-c3ccc4c(c3)oc3ccccc34)cc(-c3ccc(-c4ccc(-c5c6ccccc6cc6c5ccc5ccccc56)cc4)c4ccccc34)n2)cc1. The highest BCUT2D eigenvalue weighted by Crippen LogP contribution is 2.42.